The fourth-order valence-electron chi connectivity index (χ4n) is 3.42. The molecule has 23 heavy (non-hydrogen) atoms. The first-order valence-corrected chi connectivity index (χ1v) is 8.28. The molecule has 2 fully saturated rings. The number of amides is 1. The SMILES string of the molecule is CCC(c1ccc(F)cc1F)N1CCN(C(=O)C2CNC2)CC1. The highest BCUT2D eigenvalue weighted by molar-refractivity contribution is 5.80. The van der Waals surface area contributed by atoms with Crippen LogP contribution in [0.4, 0.5) is 8.78 Å². The van der Waals surface area contributed by atoms with Gasteiger partial charge in [-0.2, -0.15) is 0 Å². The normalized spacial score (nSPS) is 21.1. The van der Waals surface area contributed by atoms with Crippen LogP contribution in [0.1, 0.15) is 24.9 Å². The molecule has 3 rings (SSSR count). The highest BCUT2D eigenvalue weighted by Crippen LogP contribution is 2.28. The summed E-state index contributed by atoms with van der Waals surface area (Å²) < 4.78 is 27.2. The quantitative estimate of drug-likeness (QED) is 0.917. The van der Waals surface area contributed by atoms with Gasteiger partial charge < -0.3 is 10.2 Å². The molecule has 0 aromatic heterocycles. The van der Waals surface area contributed by atoms with Gasteiger partial charge in [0.05, 0.1) is 5.92 Å². The van der Waals surface area contributed by atoms with Crippen LogP contribution in [0.2, 0.25) is 0 Å². The minimum absolute atomic E-state index is 0.0711. The molecule has 4 nitrogen and oxygen atoms in total. The van der Waals surface area contributed by atoms with Crippen LogP contribution in [0.3, 0.4) is 0 Å². The van der Waals surface area contributed by atoms with Crippen molar-refractivity contribution in [3.8, 4) is 0 Å². The van der Waals surface area contributed by atoms with E-state index in [9.17, 15) is 13.6 Å². The van der Waals surface area contributed by atoms with Gasteiger partial charge in [-0.15, -0.1) is 0 Å². The van der Waals surface area contributed by atoms with Gasteiger partial charge in [0.25, 0.3) is 0 Å². The number of hydrogen-bond donors (Lipinski definition) is 1. The summed E-state index contributed by atoms with van der Waals surface area (Å²) in [5.74, 6) is -0.691. The van der Waals surface area contributed by atoms with Crippen molar-refractivity contribution in [2.45, 2.75) is 19.4 Å². The van der Waals surface area contributed by atoms with Gasteiger partial charge in [0.2, 0.25) is 5.91 Å². The van der Waals surface area contributed by atoms with Crippen molar-refractivity contribution in [1.82, 2.24) is 15.1 Å². The zero-order valence-electron chi connectivity index (χ0n) is 13.4. The Morgan fingerprint density at radius 1 is 1.26 bits per heavy atom. The molecule has 0 radical (unpaired) electrons. The number of rotatable bonds is 4. The molecule has 2 heterocycles. The molecule has 1 aromatic carbocycles. The Bertz CT molecular complexity index is 569. The maximum Gasteiger partial charge on any atom is 0.228 e. The second kappa shape index (κ2) is 6.93. The van der Waals surface area contributed by atoms with E-state index in [-0.39, 0.29) is 17.9 Å². The largest absolute Gasteiger partial charge is 0.340 e. The van der Waals surface area contributed by atoms with E-state index in [0.717, 1.165) is 38.7 Å². The first kappa shape index (κ1) is 16.3. The smallest absolute Gasteiger partial charge is 0.228 e. The lowest BCUT2D eigenvalue weighted by atomic mass is 9.99. The summed E-state index contributed by atoms with van der Waals surface area (Å²) >= 11 is 0. The monoisotopic (exact) mass is 323 g/mol. The molecule has 1 amide bonds. The average Bonchev–Trinajstić information content (AvgIpc) is 2.49. The van der Waals surface area contributed by atoms with Crippen molar-refractivity contribution in [2.75, 3.05) is 39.3 Å². The van der Waals surface area contributed by atoms with Crippen molar-refractivity contribution in [3.05, 3.63) is 35.4 Å². The molecule has 0 saturated carbocycles. The molecule has 126 valence electrons. The van der Waals surface area contributed by atoms with Gasteiger partial charge in [0.15, 0.2) is 0 Å². The summed E-state index contributed by atoms with van der Waals surface area (Å²) in [6.07, 6.45) is 0.753. The van der Waals surface area contributed by atoms with Gasteiger partial charge >= 0.3 is 0 Å². The predicted molar refractivity (Wildman–Crippen MR) is 83.9 cm³/mol. The third-order valence-electron chi connectivity index (χ3n) is 4.91. The maximum atomic E-state index is 14.1. The van der Waals surface area contributed by atoms with E-state index in [2.05, 4.69) is 10.2 Å². The molecule has 0 spiro atoms. The second-order valence-electron chi connectivity index (χ2n) is 6.31. The Balaban J connectivity index is 1.63. The van der Waals surface area contributed by atoms with Crippen molar-refractivity contribution in [1.29, 1.82) is 0 Å². The number of piperazine rings is 1. The molecule has 2 aliphatic rings. The molecule has 1 N–H and O–H groups in total. The van der Waals surface area contributed by atoms with E-state index >= 15 is 0 Å². The molecular formula is C17H23F2N3O. The standard InChI is InChI=1S/C17H23F2N3O/c1-2-16(14-4-3-13(18)9-15(14)19)21-5-7-22(8-6-21)17(23)12-10-20-11-12/h3-4,9,12,16,20H,2,5-8,10-11H2,1H3. The highest BCUT2D eigenvalue weighted by atomic mass is 19.1. The van der Waals surface area contributed by atoms with Crippen molar-refractivity contribution in [2.24, 2.45) is 5.92 Å². The Kier molecular flexibility index (Phi) is 4.92. The summed E-state index contributed by atoms with van der Waals surface area (Å²) in [4.78, 5) is 16.4. The van der Waals surface area contributed by atoms with Crippen LogP contribution in [-0.2, 0) is 4.79 Å². The van der Waals surface area contributed by atoms with E-state index in [1.807, 2.05) is 11.8 Å². The second-order valence-corrected chi connectivity index (χ2v) is 6.31. The van der Waals surface area contributed by atoms with Crippen molar-refractivity contribution in [3.63, 3.8) is 0 Å². The Morgan fingerprint density at radius 3 is 2.48 bits per heavy atom. The van der Waals surface area contributed by atoms with Crippen LogP contribution in [-0.4, -0.2) is 55.0 Å². The molecule has 2 saturated heterocycles. The molecule has 6 heteroatoms. The summed E-state index contributed by atoms with van der Waals surface area (Å²) in [7, 11) is 0. The Morgan fingerprint density at radius 2 is 1.96 bits per heavy atom. The van der Waals surface area contributed by atoms with Gasteiger partial charge in [-0.25, -0.2) is 8.78 Å². The van der Waals surface area contributed by atoms with Gasteiger partial charge in [-0.1, -0.05) is 13.0 Å². The minimum Gasteiger partial charge on any atom is -0.340 e. The van der Waals surface area contributed by atoms with E-state index < -0.39 is 11.6 Å². The van der Waals surface area contributed by atoms with Gasteiger partial charge in [0.1, 0.15) is 11.6 Å². The van der Waals surface area contributed by atoms with Gasteiger partial charge in [0, 0.05) is 56.9 Å². The summed E-state index contributed by atoms with van der Waals surface area (Å²) in [6.45, 7) is 6.35. The van der Waals surface area contributed by atoms with Crippen LogP contribution in [0.15, 0.2) is 18.2 Å². The topological polar surface area (TPSA) is 35.6 Å². The molecule has 0 aliphatic carbocycles. The summed E-state index contributed by atoms with van der Waals surface area (Å²) in [5, 5.41) is 3.12. The molecular weight excluding hydrogens is 300 g/mol. The summed E-state index contributed by atoms with van der Waals surface area (Å²) in [5.41, 5.74) is 0.539. The number of carbonyl (C=O) groups excluding carboxylic acids is 1. The lowest BCUT2D eigenvalue weighted by Crippen LogP contribution is -2.56. The van der Waals surface area contributed by atoms with Crippen LogP contribution >= 0.6 is 0 Å². The Hall–Kier alpha value is -1.53. The zero-order chi connectivity index (χ0) is 16.4. The van der Waals surface area contributed by atoms with E-state index in [4.69, 9.17) is 0 Å². The van der Waals surface area contributed by atoms with Crippen molar-refractivity contribution < 1.29 is 13.6 Å². The number of halogens is 2. The predicted octanol–water partition coefficient (Wildman–Crippen LogP) is 1.78. The highest BCUT2D eigenvalue weighted by Gasteiger charge is 2.32. The van der Waals surface area contributed by atoms with E-state index in [0.29, 0.717) is 18.7 Å². The fourth-order valence-corrected chi connectivity index (χ4v) is 3.42. The number of carbonyl (C=O) groups is 1. The lowest BCUT2D eigenvalue weighted by Gasteiger charge is -2.41. The minimum atomic E-state index is -0.550. The number of hydrogen-bond acceptors (Lipinski definition) is 3. The van der Waals surface area contributed by atoms with E-state index in [1.54, 1.807) is 0 Å². The van der Waals surface area contributed by atoms with E-state index in [1.165, 1.54) is 12.1 Å². The molecule has 0 bridgehead atoms. The first-order chi connectivity index (χ1) is 11.1. The first-order valence-electron chi connectivity index (χ1n) is 8.28. The van der Waals surface area contributed by atoms with Crippen LogP contribution in [0.25, 0.3) is 0 Å². The lowest BCUT2D eigenvalue weighted by molar-refractivity contribution is -0.139. The van der Waals surface area contributed by atoms with Crippen LogP contribution in [0, 0.1) is 17.6 Å². The number of nitrogens with one attached hydrogen (secondary N) is 1. The number of benzene rings is 1. The molecule has 1 atom stereocenters. The van der Waals surface area contributed by atoms with Gasteiger partial charge in [-0.05, 0) is 12.5 Å². The number of nitrogens with zero attached hydrogens (tertiary/aromatic N) is 2. The third kappa shape index (κ3) is 3.38. The van der Waals surface area contributed by atoms with Crippen LogP contribution in [0.5, 0.6) is 0 Å². The Labute approximate surface area is 135 Å². The fraction of sp³-hybridized carbons (Fsp3) is 0.588. The maximum absolute atomic E-state index is 14.1. The average molecular weight is 323 g/mol. The third-order valence-corrected chi connectivity index (χ3v) is 4.91. The molecule has 2 aliphatic heterocycles. The van der Waals surface area contributed by atoms with Crippen LogP contribution < -0.4 is 5.32 Å². The molecule has 1 aromatic rings. The van der Waals surface area contributed by atoms with Gasteiger partial charge in [-0.3, -0.25) is 9.69 Å². The zero-order valence-corrected chi connectivity index (χ0v) is 13.4. The molecule has 1 unspecified atom stereocenters. The summed E-state index contributed by atoms with van der Waals surface area (Å²) in [6, 6.07) is 3.72. The van der Waals surface area contributed by atoms with Crippen molar-refractivity contribution >= 4 is 5.91 Å².